The Morgan fingerprint density at radius 2 is 1.46 bits per heavy atom. The van der Waals surface area contributed by atoms with Crippen LogP contribution >= 0.6 is 0 Å². The Labute approximate surface area is 162 Å². The number of rotatable bonds is 1. The van der Waals surface area contributed by atoms with E-state index in [0.717, 1.165) is 0 Å². The van der Waals surface area contributed by atoms with Crippen LogP contribution in [-0.2, 0) is 5.41 Å². The normalized spacial score (nSPS) is 15.3. The minimum atomic E-state index is -6.00. The standard InChI is InChI=1S/C22H22N.BF4/c1-15-22(2,3)20-14-17(12-13-21(20)23(15)4)19-11-7-9-16-8-5-6-10-18(16)19;2-1(3,4)5/h5-14H,1-4H3;/q+1;-1. The summed E-state index contributed by atoms with van der Waals surface area (Å²) in [6.45, 7) is 6.87. The zero-order chi connectivity index (χ0) is 20.7. The molecule has 1 heterocycles. The second-order valence-electron chi connectivity index (χ2n) is 7.52. The van der Waals surface area contributed by atoms with Gasteiger partial charge in [-0.05, 0) is 47.9 Å². The van der Waals surface area contributed by atoms with Crippen LogP contribution in [0.2, 0.25) is 0 Å². The second-order valence-corrected chi connectivity index (χ2v) is 7.52. The molecule has 0 radical (unpaired) electrons. The van der Waals surface area contributed by atoms with Crippen molar-refractivity contribution in [3.8, 4) is 11.1 Å². The van der Waals surface area contributed by atoms with Gasteiger partial charge in [-0.1, -0.05) is 42.5 Å². The number of halogens is 4. The Morgan fingerprint density at radius 3 is 2.14 bits per heavy atom. The van der Waals surface area contributed by atoms with Crippen molar-refractivity contribution in [3.63, 3.8) is 0 Å². The van der Waals surface area contributed by atoms with Gasteiger partial charge in [0.2, 0.25) is 5.69 Å². The summed E-state index contributed by atoms with van der Waals surface area (Å²) in [4.78, 5) is 0. The van der Waals surface area contributed by atoms with Gasteiger partial charge < -0.3 is 17.3 Å². The van der Waals surface area contributed by atoms with Gasteiger partial charge in [0, 0.05) is 18.6 Å². The molecule has 1 nitrogen and oxygen atoms in total. The molecule has 0 fully saturated rings. The molecular weight excluding hydrogens is 365 g/mol. The molecule has 0 bridgehead atoms. The first kappa shape index (κ1) is 20.1. The SMILES string of the molecule is CC1=[N+](C)c2ccc(-c3cccc4ccccc34)cc2C1(C)C.F[B-](F)(F)F. The summed E-state index contributed by atoms with van der Waals surface area (Å²) < 4.78 is 41.3. The van der Waals surface area contributed by atoms with E-state index < -0.39 is 7.25 Å². The van der Waals surface area contributed by atoms with Crippen LogP contribution in [0, 0.1) is 0 Å². The van der Waals surface area contributed by atoms with Crippen LogP contribution in [0.15, 0.2) is 60.7 Å². The Kier molecular flexibility index (Phi) is 5.09. The van der Waals surface area contributed by atoms with E-state index in [4.69, 9.17) is 0 Å². The molecule has 6 heteroatoms. The molecule has 1 aliphatic heterocycles. The van der Waals surface area contributed by atoms with E-state index in [-0.39, 0.29) is 5.41 Å². The molecule has 146 valence electrons. The first-order chi connectivity index (χ1) is 13.0. The largest absolute Gasteiger partial charge is 0.673 e. The Bertz CT molecular complexity index is 1060. The van der Waals surface area contributed by atoms with Gasteiger partial charge in [-0.15, -0.1) is 0 Å². The van der Waals surface area contributed by atoms with Gasteiger partial charge in [0.15, 0.2) is 5.71 Å². The summed E-state index contributed by atoms with van der Waals surface area (Å²) in [7, 11) is -3.83. The van der Waals surface area contributed by atoms with Crippen molar-refractivity contribution in [2.75, 3.05) is 7.05 Å². The van der Waals surface area contributed by atoms with Crippen LogP contribution in [0.25, 0.3) is 21.9 Å². The summed E-state index contributed by atoms with van der Waals surface area (Å²) in [6, 6.07) is 22.1. The lowest BCUT2D eigenvalue weighted by Crippen LogP contribution is -2.25. The number of fused-ring (bicyclic) bond motifs is 2. The Hall–Kier alpha value is -2.63. The molecule has 3 aromatic rings. The molecule has 0 aliphatic carbocycles. The number of hydrogen-bond acceptors (Lipinski definition) is 0. The van der Waals surface area contributed by atoms with Crippen LogP contribution in [0.4, 0.5) is 23.0 Å². The monoisotopic (exact) mass is 387 g/mol. The summed E-state index contributed by atoms with van der Waals surface area (Å²) in [5.41, 5.74) is 6.86. The minimum absolute atomic E-state index is 0.0880. The van der Waals surface area contributed by atoms with E-state index >= 15 is 0 Å². The zero-order valence-electron chi connectivity index (χ0n) is 16.3. The molecule has 0 N–H and O–H groups in total. The maximum absolute atomic E-state index is 9.75. The molecule has 0 amide bonds. The predicted molar refractivity (Wildman–Crippen MR) is 109 cm³/mol. The van der Waals surface area contributed by atoms with Gasteiger partial charge in [-0.3, -0.25) is 0 Å². The molecule has 0 saturated carbocycles. The Morgan fingerprint density at radius 1 is 0.857 bits per heavy atom. The summed E-state index contributed by atoms with van der Waals surface area (Å²) in [5.74, 6) is 0. The molecule has 3 aromatic carbocycles. The summed E-state index contributed by atoms with van der Waals surface area (Å²) in [5, 5.41) is 2.62. The van der Waals surface area contributed by atoms with E-state index in [0.29, 0.717) is 0 Å². The highest BCUT2D eigenvalue weighted by Crippen LogP contribution is 2.41. The molecule has 0 unspecified atom stereocenters. The number of hydrogen-bond donors (Lipinski definition) is 0. The fourth-order valence-electron chi connectivity index (χ4n) is 3.77. The van der Waals surface area contributed by atoms with Crippen molar-refractivity contribution in [3.05, 3.63) is 66.2 Å². The highest BCUT2D eigenvalue weighted by Gasteiger charge is 2.41. The van der Waals surface area contributed by atoms with Crippen LogP contribution < -0.4 is 0 Å². The van der Waals surface area contributed by atoms with E-state index in [1.807, 2.05) is 0 Å². The van der Waals surface area contributed by atoms with Crippen LogP contribution in [-0.4, -0.2) is 24.6 Å². The van der Waals surface area contributed by atoms with E-state index in [9.17, 15) is 17.3 Å². The molecule has 1 aliphatic rings. The van der Waals surface area contributed by atoms with Crippen LogP contribution in [0.3, 0.4) is 0 Å². The van der Waals surface area contributed by atoms with Crippen LogP contribution in [0.1, 0.15) is 26.3 Å². The summed E-state index contributed by atoms with van der Waals surface area (Å²) in [6.07, 6.45) is 0. The molecule has 28 heavy (non-hydrogen) atoms. The van der Waals surface area contributed by atoms with E-state index in [1.165, 1.54) is 38.9 Å². The fourth-order valence-corrected chi connectivity index (χ4v) is 3.77. The minimum Gasteiger partial charge on any atom is -0.418 e. The van der Waals surface area contributed by atoms with Gasteiger partial charge >= 0.3 is 7.25 Å². The maximum atomic E-state index is 9.75. The molecule has 0 spiro atoms. The number of nitrogens with zero attached hydrogens (tertiary/aromatic N) is 1. The van der Waals surface area contributed by atoms with E-state index in [1.54, 1.807) is 0 Å². The molecular formula is C22H22BF4N. The van der Waals surface area contributed by atoms with Crippen molar-refractivity contribution in [2.45, 2.75) is 26.2 Å². The van der Waals surface area contributed by atoms with Gasteiger partial charge in [0.25, 0.3) is 0 Å². The zero-order valence-corrected chi connectivity index (χ0v) is 16.3. The van der Waals surface area contributed by atoms with Gasteiger partial charge in [-0.25, -0.2) is 4.58 Å². The molecule has 0 atom stereocenters. The third kappa shape index (κ3) is 3.82. The smallest absolute Gasteiger partial charge is 0.418 e. The fraction of sp³-hybridized carbons (Fsp3) is 0.227. The first-order valence-corrected chi connectivity index (χ1v) is 9.08. The third-order valence-electron chi connectivity index (χ3n) is 5.54. The second kappa shape index (κ2) is 7.08. The highest BCUT2D eigenvalue weighted by atomic mass is 19.5. The lowest BCUT2D eigenvalue weighted by atomic mass is 9.81. The van der Waals surface area contributed by atoms with Crippen molar-refractivity contribution in [2.24, 2.45) is 0 Å². The predicted octanol–water partition coefficient (Wildman–Crippen LogP) is 6.83. The highest BCUT2D eigenvalue weighted by molar-refractivity contribution is 6.50. The van der Waals surface area contributed by atoms with Crippen molar-refractivity contribution in [1.82, 2.24) is 0 Å². The third-order valence-corrected chi connectivity index (χ3v) is 5.54. The van der Waals surface area contributed by atoms with E-state index in [2.05, 4.69) is 93.1 Å². The van der Waals surface area contributed by atoms with Crippen molar-refractivity contribution >= 4 is 29.4 Å². The van der Waals surface area contributed by atoms with Gasteiger partial charge in [-0.2, -0.15) is 0 Å². The van der Waals surface area contributed by atoms with Gasteiger partial charge in [0.05, 0.1) is 5.41 Å². The average molecular weight is 387 g/mol. The average Bonchev–Trinajstić information content (AvgIpc) is 2.80. The molecule has 0 saturated heterocycles. The topological polar surface area (TPSA) is 3.01 Å². The van der Waals surface area contributed by atoms with Crippen molar-refractivity contribution in [1.29, 1.82) is 0 Å². The lowest BCUT2D eigenvalue weighted by Gasteiger charge is -2.16. The summed E-state index contributed by atoms with van der Waals surface area (Å²) >= 11 is 0. The van der Waals surface area contributed by atoms with Crippen LogP contribution in [0.5, 0.6) is 0 Å². The lowest BCUT2D eigenvalue weighted by molar-refractivity contribution is -0.403. The van der Waals surface area contributed by atoms with Crippen molar-refractivity contribution < 1.29 is 21.8 Å². The maximum Gasteiger partial charge on any atom is 0.673 e. The quantitative estimate of drug-likeness (QED) is 0.245. The van der Waals surface area contributed by atoms with Gasteiger partial charge in [0.1, 0.15) is 7.05 Å². The Balaban J connectivity index is 0.000000403. The first-order valence-electron chi connectivity index (χ1n) is 9.08. The molecule has 0 aromatic heterocycles. The molecule has 4 rings (SSSR count). The number of benzene rings is 3.